The van der Waals surface area contributed by atoms with Gasteiger partial charge in [-0.1, -0.05) is 12.6 Å². The van der Waals surface area contributed by atoms with Crippen LogP contribution in [-0.4, -0.2) is 46.0 Å². The second-order valence-corrected chi connectivity index (χ2v) is 7.59. The monoisotopic (exact) mass is 311 g/mol. The van der Waals surface area contributed by atoms with Gasteiger partial charge in [0.2, 0.25) is 6.79 Å². The van der Waals surface area contributed by atoms with Crippen LogP contribution in [0.3, 0.4) is 0 Å². The summed E-state index contributed by atoms with van der Waals surface area (Å²) in [6, 6.07) is 6.06. The molecule has 1 atom stereocenters. The fourth-order valence-electron chi connectivity index (χ4n) is 2.12. The molecule has 0 fully saturated rings. The van der Waals surface area contributed by atoms with Crippen LogP contribution >= 0.6 is 0 Å². The molecule has 0 radical (unpaired) electrons. The molecular weight excluding hydrogens is 290 g/mol. The van der Waals surface area contributed by atoms with E-state index in [0.29, 0.717) is 6.54 Å². The molecule has 0 saturated heterocycles. The summed E-state index contributed by atoms with van der Waals surface area (Å²) in [4.78, 5) is 2.22. The highest BCUT2D eigenvalue weighted by atomic mass is 32.2. The van der Waals surface area contributed by atoms with E-state index in [9.17, 15) is 8.42 Å². The van der Waals surface area contributed by atoms with Crippen molar-refractivity contribution in [3.8, 4) is 11.5 Å². The molecule has 1 aliphatic rings. The van der Waals surface area contributed by atoms with Crippen LogP contribution in [0, 0.1) is 0 Å². The largest absolute Gasteiger partial charge is 0.454 e. The fourth-order valence-corrected chi connectivity index (χ4v) is 2.55. The van der Waals surface area contributed by atoms with Gasteiger partial charge in [0.15, 0.2) is 21.3 Å². The van der Waals surface area contributed by atoms with Gasteiger partial charge in [-0.2, -0.15) is 0 Å². The first-order valence-electron chi connectivity index (χ1n) is 6.74. The molecule has 1 aliphatic heterocycles. The maximum Gasteiger partial charge on any atom is 0.231 e. The van der Waals surface area contributed by atoms with Crippen molar-refractivity contribution in [1.82, 2.24) is 4.90 Å². The lowest BCUT2D eigenvalue weighted by Gasteiger charge is -2.25. The Bertz CT molecular complexity index is 639. The Morgan fingerprint density at radius 1 is 1.38 bits per heavy atom. The van der Waals surface area contributed by atoms with Crippen LogP contribution in [0.2, 0.25) is 0 Å². The normalized spacial score (nSPS) is 15.2. The molecule has 1 heterocycles. The van der Waals surface area contributed by atoms with E-state index in [4.69, 9.17) is 9.47 Å². The summed E-state index contributed by atoms with van der Waals surface area (Å²) < 4.78 is 33.5. The van der Waals surface area contributed by atoms with Crippen LogP contribution in [0.5, 0.6) is 11.5 Å². The minimum Gasteiger partial charge on any atom is -0.454 e. The molecule has 1 aromatic rings. The predicted molar refractivity (Wildman–Crippen MR) is 82.3 cm³/mol. The molecule has 0 N–H and O–H groups in total. The Morgan fingerprint density at radius 3 is 2.71 bits per heavy atom. The summed E-state index contributed by atoms with van der Waals surface area (Å²) >= 11 is 0. The minimum atomic E-state index is -3.18. The number of nitrogens with zero attached hydrogens (tertiary/aromatic N) is 1. The number of hydrogen-bond donors (Lipinski definition) is 0. The first-order chi connectivity index (χ1) is 9.77. The summed E-state index contributed by atoms with van der Waals surface area (Å²) in [7, 11) is -1.29. The summed E-state index contributed by atoms with van der Waals surface area (Å²) in [6.45, 7) is 6.30. The van der Waals surface area contributed by atoms with Crippen LogP contribution in [0.15, 0.2) is 29.7 Å². The van der Waals surface area contributed by atoms with Gasteiger partial charge in [-0.15, -0.1) is 0 Å². The molecule has 21 heavy (non-hydrogen) atoms. The number of sulfone groups is 1. The second kappa shape index (κ2) is 6.07. The molecule has 0 saturated carbocycles. The number of benzene rings is 1. The lowest BCUT2D eigenvalue weighted by atomic mass is 10.1. The van der Waals surface area contributed by atoms with Crippen molar-refractivity contribution >= 4 is 9.84 Å². The van der Waals surface area contributed by atoms with Gasteiger partial charge in [0.1, 0.15) is 0 Å². The van der Waals surface area contributed by atoms with Crippen LogP contribution in [0.4, 0.5) is 0 Å². The number of hydrogen-bond acceptors (Lipinski definition) is 5. The van der Waals surface area contributed by atoms with Gasteiger partial charge in [-0.25, -0.2) is 8.42 Å². The molecule has 0 bridgehead atoms. The van der Waals surface area contributed by atoms with E-state index in [1.54, 1.807) is 0 Å². The average Bonchev–Trinajstić information content (AvgIpc) is 2.84. The van der Waals surface area contributed by atoms with E-state index in [2.05, 4.69) is 13.5 Å². The van der Waals surface area contributed by atoms with E-state index >= 15 is 0 Å². The average molecular weight is 311 g/mol. The van der Waals surface area contributed by atoms with Crippen molar-refractivity contribution in [1.29, 1.82) is 0 Å². The first-order valence-corrected chi connectivity index (χ1v) is 8.63. The zero-order chi connectivity index (χ0) is 15.6. The van der Waals surface area contributed by atoms with Crippen molar-refractivity contribution in [3.63, 3.8) is 0 Å². The van der Waals surface area contributed by atoms with Crippen LogP contribution in [0.25, 0.3) is 0 Å². The fraction of sp³-hybridized carbons (Fsp3) is 0.467. The van der Waals surface area contributed by atoms with E-state index in [-0.39, 0.29) is 17.7 Å². The van der Waals surface area contributed by atoms with Gasteiger partial charge in [0, 0.05) is 18.8 Å². The summed E-state index contributed by atoms with van der Waals surface area (Å²) in [5.41, 5.74) is 1.13. The van der Waals surface area contributed by atoms with Gasteiger partial charge in [-0.05, 0) is 38.1 Å². The highest BCUT2D eigenvalue weighted by Crippen LogP contribution is 2.32. The van der Waals surface area contributed by atoms with Gasteiger partial charge in [0.25, 0.3) is 0 Å². The van der Waals surface area contributed by atoms with Crippen LogP contribution in [-0.2, 0) is 16.3 Å². The Hall–Kier alpha value is -1.53. The molecule has 0 aliphatic carbocycles. The summed E-state index contributed by atoms with van der Waals surface area (Å²) in [5, 5.41) is 0. The van der Waals surface area contributed by atoms with Gasteiger partial charge in [0.05, 0.1) is 4.91 Å². The molecule has 6 heteroatoms. The number of fused-ring (bicyclic) bond motifs is 1. The zero-order valence-corrected chi connectivity index (χ0v) is 13.4. The van der Waals surface area contributed by atoms with E-state index in [0.717, 1.165) is 23.5 Å². The molecule has 0 spiro atoms. The quantitative estimate of drug-likeness (QED) is 0.802. The van der Waals surface area contributed by atoms with Crippen LogP contribution in [0.1, 0.15) is 12.5 Å². The maximum atomic E-state index is 11.4. The van der Waals surface area contributed by atoms with Crippen LogP contribution < -0.4 is 9.47 Å². The number of likely N-dealkylation sites (N-methyl/N-ethyl adjacent to an activating group) is 1. The maximum absolute atomic E-state index is 11.4. The van der Waals surface area contributed by atoms with Gasteiger partial charge >= 0.3 is 0 Å². The predicted octanol–water partition coefficient (Wildman–Crippen LogP) is 1.84. The highest BCUT2D eigenvalue weighted by molar-refractivity contribution is 7.94. The Labute approximate surface area is 126 Å². The topological polar surface area (TPSA) is 55.8 Å². The van der Waals surface area contributed by atoms with Crippen molar-refractivity contribution in [2.24, 2.45) is 0 Å². The van der Waals surface area contributed by atoms with Crippen molar-refractivity contribution < 1.29 is 17.9 Å². The Balaban J connectivity index is 1.97. The summed E-state index contributed by atoms with van der Waals surface area (Å²) in [6.07, 6.45) is 1.98. The molecule has 1 unspecified atom stereocenters. The van der Waals surface area contributed by atoms with E-state index < -0.39 is 9.84 Å². The Morgan fingerprint density at radius 2 is 2.05 bits per heavy atom. The lowest BCUT2D eigenvalue weighted by Crippen LogP contribution is -2.33. The molecular formula is C15H21NO4S. The number of ether oxygens (including phenoxy) is 2. The van der Waals surface area contributed by atoms with E-state index in [1.165, 1.54) is 6.26 Å². The number of rotatable bonds is 6. The lowest BCUT2D eigenvalue weighted by molar-refractivity contribution is 0.174. The third-order valence-corrected chi connectivity index (χ3v) is 4.85. The highest BCUT2D eigenvalue weighted by Gasteiger charge is 2.18. The minimum absolute atomic E-state index is 0.184. The smallest absolute Gasteiger partial charge is 0.231 e. The molecule has 2 rings (SSSR count). The zero-order valence-electron chi connectivity index (χ0n) is 12.6. The summed E-state index contributed by atoms with van der Waals surface area (Å²) in [5.74, 6) is 1.54. The molecule has 1 aromatic carbocycles. The first kappa shape index (κ1) is 15.9. The van der Waals surface area contributed by atoms with Crippen molar-refractivity contribution in [2.45, 2.75) is 19.4 Å². The third kappa shape index (κ3) is 3.98. The molecule has 0 aromatic heterocycles. The van der Waals surface area contributed by atoms with Crippen molar-refractivity contribution in [3.05, 3.63) is 35.2 Å². The molecule has 116 valence electrons. The van der Waals surface area contributed by atoms with Crippen molar-refractivity contribution in [2.75, 3.05) is 26.6 Å². The second-order valence-electron chi connectivity index (χ2n) is 5.47. The van der Waals surface area contributed by atoms with Gasteiger partial charge < -0.3 is 9.47 Å². The molecule has 0 amide bonds. The standard InChI is InChI=1S/C15H21NO4S/c1-11(16(3)9-12(2)21(4,17)18)7-13-5-6-14-15(8-13)20-10-19-14/h5-6,8,11H,2,7,9-10H2,1,3-4H3. The van der Waals surface area contributed by atoms with Gasteiger partial charge in [-0.3, -0.25) is 4.90 Å². The van der Waals surface area contributed by atoms with E-state index in [1.807, 2.05) is 30.1 Å². The molecule has 5 nitrogen and oxygen atoms in total. The Kier molecular flexibility index (Phi) is 4.58. The SMILES string of the molecule is C=C(CN(C)C(C)Cc1ccc2c(c1)OCO2)S(C)(=O)=O. The third-order valence-electron chi connectivity index (χ3n) is 3.67.